The molecule has 0 aliphatic carbocycles. The van der Waals surface area contributed by atoms with Crippen LogP contribution in [0, 0.1) is 0 Å². The lowest BCUT2D eigenvalue weighted by Gasteiger charge is -2.22. The molecular formula is C14H25N5O2. The van der Waals surface area contributed by atoms with Crippen molar-refractivity contribution in [3.8, 4) is 0 Å². The molecule has 0 fully saturated rings. The van der Waals surface area contributed by atoms with E-state index in [1.165, 1.54) is 4.90 Å². The molecule has 118 valence electrons. The van der Waals surface area contributed by atoms with Gasteiger partial charge in [-0.25, -0.2) is 0 Å². The zero-order valence-electron chi connectivity index (χ0n) is 13.4. The number of nitrogen functional groups attached to an aromatic ring is 1. The molecule has 0 atom stereocenters. The number of H-pyrrole nitrogens is 1. The van der Waals surface area contributed by atoms with E-state index in [1.807, 2.05) is 27.7 Å². The number of carbonyl (C=O) groups excluding carboxylic acids is 2. The van der Waals surface area contributed by atoms with Gasteiger partial charge in [0.05, 0.1) is 17.9 Å². The highest BCUT2D eigenvalue weighted by Gasteiger charge is 2.24. The van der Waals surface area contributed by atoms with E-state index in [0.29, 0.717) is 18.8 Å². The fourth-order valence-corrected chi connectivity index (χ4v) is 2.10. The molecule has 21 heavy (non-hydrogen) atoms. The number of aromatic nitrogens is 2. The molecule has 0 spiro atoms. The highest BCUT2D eigenvalue weighted by atomic mass is 16.2. The van der Waals surface area contributed by atoms with Gasteiger partial charge in [-0.3, -0.25) is 14.7 Å². The second kappa shape index (κ2) is 7.10. The molecule has 1 aromatic rings. The maximum Gasteiger partial charge on any atom is 0.276 e. The number of nitrogens with zero attached hydrogens (tertiary/aromatic N) is 3. The molecule has 1 aromatic heterocycles. The second-order valence-corrected chi connectivity index (χ2v) is 5.28. The van der Waals surface area contributed by atoms with E-state index < -0.39 is 0 Å². The largest absolute Gasteiger partial charge is 0.395 e. The van der Waals surface area contributed by atoms with Gasteiger partial charge in [-0.05, 0) is 19.8 Å². The molecule has 0 aliphatic rings. The molecule has 0 bridgehead atoms. The fraction of sp³-hybridized carbons (Fsp3) is 0.643. The van der Waals surface area contributed by atoms with Gasteiger partial charge in [0.2, 0.25) is 5.91 Å². The van der Waals surface area contributed by atoms with Gasteiger partial charge in [-0.15, -0.1) is 0 Å². The van der Waals surface area contributed by atoms with Crippen molar-refractivity contribution in [1.82, 2.24) is 20.0 Å². The number of amides is 2. The quantitative estimate of drug-likeness (QED) is 0.820. The van der Waals surface area contributed by atoms with Crippen LogP contribution in [-0.2, 0) is 4.79 Å². The standard InChI is InChI=1S/C14H25N5O2/c1-6-19(7-2)10(20)8-18(5)14(21)13-11(15)12(9(3)4)16-17-13/h9H,6-8,15H2,1-5H3,(H,16,17). The number of hydrogen-bond donors (Lipinski definition) is 2. The Hall–Kier alpha value is -2.05. The van der Waals surface area contributed by atoms with Crippen molar-refractivity contribution < 1.29 is 9.59 Å². The van der Waals surface area contributed by atoms with Gasteiger partial charge in [0.1, 0.15) is 0 Å². The zero-order chi connectivity index (χ0) is 16.2. The number of nitrogens with two attached hydrogens (primary N) is 1. The average Bonchev–Trinajstić information content (AvgIpc) is 2.81. The van der Waals surface area contributed by atoms with E-state index in [2.05, 4.69) is 10.2 Å². The molecule has 7 heteroatoms. The van der Waals surface area contributed by atoms with Gasteiger partial charge in [-0.2, -0.15) is 5.10 Å². The molecule has 0 aliphatic heterocycles. The highest BCUT2D eigenvalue weighted by molar-refractivity contribution is 5.99. The minimum atomic E-state index is -0.351. The third kappa shape index (κ3) is 3.74. The van der Waals surface area contributed by atoms with Crippen LogP contribution in [0.1, 0.15) is 49.8 Å². The number of nitrogens with one attached hydrogen (secondary N) is 1. The van der Waals surface area contributed by atoms with Crippen LogP contribution < -0.4 is 5.73 Å². The van der Waals surface area contributed by atoms with Crippen LogP contribution in [0.2, 0.25) is 0 Å². The Morgan fingerprint density at radius 3 is 2.29 bits per heavy atom. The summed E-state index contributed by atoms with van der Waals surface area (Å²) in [6, 6.07) is 0. The number of aromatic amines is 1. The Morgan fingerprint density at radius 2 is 1.86 bits per heavy atom. The summed E-state index contributed by atoms with van der Waals surface area (Å²) >= 11 is 0. The Morgan fingerprint density at radius 1 is 1.29 bits per heavy atom. The number of carbonyl (C=O) groups is 2. The first-order valence-corrected chi connectivity index (χ1v) is 7.20. The van der Waals surface area contributed by atoms with Crippen molar-refractivity contribution >= 4 is 17.5 Å². The average molecular weight is 295 g/mol. The minimum Gasteiger partial charge on any atom is -0.395 e. The molecule has 1 rings (SSSR count). The highest BCUT2D eigenvalue weighted by Crippen LogP contribution is 2.22. The van der Waals surface area contributed by atoms with E-state index in [9.17, 15) is 9.59 Å². The second-order valence-electron chi connectivity index (χ2n) is 5.28. The van der Waals surface area contributed by atoms with Crippen molar-refractivity contribution in [3.05, 3.63) is 11.4 Å². The summed E-state index contributed by atoms with van der Waals surface area (Å²) in [6.07, 6.45) is 0. The van der Waals surface area contributed by atoms with Crippen molar-refractivity contribution in [2.24, 2.45) is 0 Å². The summed E-state index contributed by atoms with van der Waals surface area (Å²) < 4.78 is 0. The van der Waals surface area contributed by atoms with Crippen LogP contribution in [0.5, 0.6) is 0 Å². The first kappa shape index (κ1) is 17.0. The predicted molar refractivity (Wildman–Crippen MR) is 82.0 cm³/mol. The number of anilines is 1. The Balaban J connectivity index is 2.82. The molecule has 3 N–H and O–H groups in total. The number of likely N-dealkylation sites (N-methyl/N-ethyl adjacent to an activating group) is 2. The Labute approximate surface area is 125 Å². The summed E-state index contributed by atoms with van der Waals surface area (Å²) in [4.78, 5) is 27.4. The summed E-state index contributed by atoms with van der Waals surface area (Å²) in [5, 5.41) is 6.77. The molecule has 7 nitrogen and oxygen atoms in total. The van der Waals surface area contributed by atoms with E-state index in [4.69, 9.17) is 5.73 Å². The summed E-state index contributed by atoms with van der Waals surface area (Å²) in [6.45, 7) is 9.01. The van der Waals surface area contributed by atoms with E-state index in [1.54, 1.807) is 11.9 Å². The van der Waals surface area contributed by atoms with Crippen LogP contribution in [0.15, 0.2) is 0 Å². The number of rotatable bonds is 6. The van der Waals surface area contributed by atoms with Crippen molar-refractivity contribution in [1.29, 1.82) is 0 Å². The van der Waals surface area contributed by atoms with Crippen LogP contribution in [0.25, 0.3) is 0 Å². The molecule has 0 unspecified atom stereocenters. The first-order valence-electron chi connectivity index (χ1n) is 7.20. The molecular weight excluding hydrogens is 270 g/mol. The third-order valence-electron chi connectivity index (χ3n) is 3.45. The van der Waals surface area contributed by atoms with Gasteiger partial charge in [-0.1, -0.05) is 13.8 Å². The van der Waals surface area contributed by atoms with Gasteiger partial charge in [0.15, 0.2) is 5.69 Å². The smallest absolute Gasteiger partial charge is 0.276 e. The Kier molecular flexibility index (Phi) is 5.75. The van der Waals surface area contributed by atoms with Crippen molar-refractivity contribution in [2.45, 2.75) is 33.6 Å². The maximum atomic E-state index is 12.3. The van der Waals surface area contributed by atoms with Crippen LogP contribution in [0.4, 0.5) is 5.69 Å². The third-order valence-corrected chi connectivity index (χ3v) is 3.45. The van der Waals surface area contributed by atoms with Gasteiger partial charge >= 0.3 is 0 Å². The van der Waals surface area contributed by atoms with Crippen molar-refractivity contribution in [2.75, 3.05) is 32.4 Å². The SMILES string of the molecule is CCN(CC)C(=O)CN(C)C(=O)c1n[nH]c(C(C)C)c1N. The summed E-state index contributed by atoms with van der Waals surface area (Å²) in [5.74, 6) is -0.285. The van der Waals surface area contributed by atoms with Gasteiger partial charge in [0.25, 0.3) is 5.91 Å². The topological polar surface area (TPSA) is 95.3 Å². The Bertz CT molecular complexity index is 505. The molecule has 0 aromatic carbocycles. The molecule has 0 saturated heterocycles. The minimum absolute atomic E-state index is 0.0177. The van der Waals surface area contributed by atoms with Gasteiger partial charge < -0.3 is 15.5 Å². The molecule has 1 heterocycles. The lowest BCUT2D eigenvalue weighted by Crippen LogP contribution is -2.41. The van der Waals surface area contributed by atoms with Crippen LogP contribution in [0.3, 0.4) is 0 Å². The molecule has 0 radical (unpaired) electrons. The number of hydrogen-bond acceptors (Lipinski definition) is 4. The molecule has 0 saturated carbocycles. The van der Waals surface area contributed by atoms with Crippen LogP contribution in [-0.4, -0.2) is 58.5 Å². The van der Waals surface area contributed by atoms with E-state index in [-0.39, 0.29) is 30.0 Å². The predicted octanol–water partition coefficient (Wildman–Crippen LogP) is 1.06. The zero-order valence-corrected chi connectivity index (χ0v) is 13.4. The summed E-state index contributed by atoms with van der Waals surface area (Å²) in [7, 11) is 1.58. The summed E-state index contributed by atoms with van der Waals surface area (Å²) in [5.41, 5.74) is 7.22. The first-order chi connectivity index (χ1) is 9.83. The van der Waals surface area contributed by atoms with E-state index in [0.717, 1.165) is 5.69 Å². The maximum absolute atomic E-state index is 12.3. The van der Waals surface area contributed by atoms with Gasteiger partial charge in [0, 0.05) is 20.1 Å². The van der Waals surface area contributed by atoms with E-state index >= 15 is 0 Å². The molecule has 2 amide bonds. The lowest BCUT2D eigenvalue weighted by molar-refractivity contribution is -0.131. The monoisotopic (exact) mass is 295 g/mol. The van der Waals surface area contributed by atoms with Crippen molar-refractivity contribution in [3.63, 3.8) is 0 Å². The fourth-order valence-electron chi connectivity index (χ4n) is 2.10. The normalized spacial score (nSPS) is 10.8. The lowest BCUT2D eigenvalue weighted by atomic mass is 10.1. The van der Waals surface area contributed by atoms with Crippen LogP contribution >= 0.6 is 0 Å².